The quantitative estimate of drug-likeness (QED) is 0.889. The largest absolute Gasteiger partial charge is 0.490 e. The van der Waals surface area contributed by atoms with Crippen molar-refractivity contribution < 1.29 is 19.0 Å². The van der Waals surface area contributed by atoms with Crippen LogP contribution in [0.15, 0.2) is 36.4 Å². The third-order valence-electron chi connectivity index (χ3n) is 3.56. The van der Waals surface area contributed by atoms with E-state index in [2.05, 4.69) is 5.32 Å². The first-order valence-electron chi connectivity index (χ1n) is 7.79. The molecule has 0 aromatic heterocycles. The van der Waals surface area contributed by atoms with Gasteiger partial charge in [0.1, 0.15) is 5.75 Å². The Morgan fingerprint density at radius 1 is 1.17 bits per heavy atom. The van der Waals surface area contributed by atoms with Gasteiger partial charge in [-0.3, -0.25) is 4.79 Å². The number of carbonyl (C=O) groups excluding carboxylic acids is 1. The molecule has 0 radical (unpaired) electrons. The number of benzene rings is 2. The molecule has 1 atom stereocenters. The van der Waals surface area contributed by atoms with Gasteiger partial charge in [0.05, 0.1) is 23.8 Å². The van der Waals surface area contributed by atoms with Crippen molar-refractivity contribution in [2.75, 3.05) is 13.2 Å². The molecule has 0 bridgehead atoms. The lowest BCUT2D eigenvalue weighted by atomic mass is 10.1. The van der Waals surface area contributed by atoms with Crippen molar-refractivity contribution >= 4 is 17.5 Å². The van der Waals surface area contributed by atoms with E-state index in [0.29, 0.717) is 46.6 Å². The van der Waals surface area contributed by atoms with Crippen molar-refractivity contribution in [2.45, 2.75) is 20.1 Å². The molecule has 0 saturated heterocycles. The summed E-state index contributed by atoms with van der Waals surface area (Å²) < 4.78 is 17.1. The minimum Gasteiger partial charge on any atom is -0.490 e. The van der Waals surface area contributed by atoms with E-state index >= 15 is 0 Å². The maximum atomic E-state index is 12.3. The summed E-state index contributed by atoms with van der Waals surface area (Å²) in [5.74, 6) is 1.37. The highest BCUT2D eigenvalue weighted by Gasteiger charge is 2.27. The van der Waals surface area contributed by atoms with Crippen molar-refractivity contribution in [1.82, 2.24) is 5.32 Å². The summed E-state index contributed by atoms with van der Waals surface area (Å²) in [6, 6.07) is 10.6. The molecule has 0 aliphatic carbocycles. The van der Waals surface area contributed by atoms with Crippen molar-refractivity contribution in [1.29, 1.82) is 0 Å². The van der Waals surface area contributed by atoms with E-state index in [1.807, 2.05) is 19.9 Å². The van der Waals surface area contributed by atoms with Crippen LogP contribution in [0.25, 0.3) is 0 Å². The van der Waals surface area contributed by atoms with Gasteiger partial charge in [0.25, 0.3) is 5.91 Å². The van der Waals surface area contributed by atoms with E-state index < -0.39 is 6.23 Å². The fourth-order valence-corrected chi connectivity index (χ4v) is 2.82. The molecular formula is C18H18ClNO4. The zero-order valence-electron chi connectivity index (χ0n) is 13.5. The SMILES string of the molecule is CCOc1cc(C2NC(=O)c3ccccc3O2)cc(Cl)c1OCC. The molecular weight excluding hydrogens is 330 g/mol. The second-order valence-corrected chi connectivity index (χ2v) is 5.57. The summed E-state index contributed by atoms with van der Waals surface area (Å²) in [5, 5.41) is 3.23. The van der Waals surface area contributed by atoms with Gasteiger partial charge in [0.2, 0.25) is 0 Å². The van der Waals surface area contributed by atoms with Gasteiger partial charge in [-0.15, -0.1) is 0 Å². The molecule has 24 heavy (non-hydrogen) atoms. The molecule has 1 N–H and O–H groups in total. The Morgan fingerprint density at radius 2 is 1.92 bits per heavy atom. The van der Waals surface area contributed by atoms with E-state index in [-0.39, 0.29) is 5.91 Å². The monoisotopic (exact) mass is 347 g/mol. The maximum absolute atomic E-state index is 12.3. The predicted molar refractivity (Wildman–Crippen MR) is 91.1 cm³/mol. The Morgan fingerprint density at radius 3 is 2.67 bits per heavy atom. The molecule has 5 nitrogen and oxygen atoms in total. The molecule has 6 heteroatoms. The highest BCUT2D eigenvalue weighted by Crippen LogP contribution is 2.39. The first-order chi connectivity index (χ1) is 11.6. The Bertz CT molecular complexity index is 763. The van der Waals surface area contributed by atoms with Crippen LogP contribution in [0.1, 0.15) is 36.0 Å². The summed E-state index contributed by atoms with van der Waals surface area (Å²) in [6.07, 6.45) is -0.639. The molecule has 126 valence electrons. The maximum Gasteiger partial charge on any atom is 0.258 e. The van der Waals surface area contributed by atoms with Crippen LogP contribution in [-0.4, -0.2) is 19.1 Å². The molecule has 0 saturated carbocycles. The van der Waals surface area contributed by atoms with Crippen molar-refractivity contribution in [3.63, 3.8) is 0 Å². The summed E-state index contributed by atoms with van der Waals surface area (Å²) in [6.45, 7) is 4.70. The minimum atomic E-state index is -0.639. The van der Waals surface area contributed by atoms with E-state index in [9.17, 15) is 4.79 Å². The molecule has 1 aliphatic rings. The fraction of sp³-hybridized carbons (Fsp3) is 0.278. The molecule has 1 amide bonds. The standard InChI is InChI=1S/C18H18ClNO4/c1-3-22-15-10-11(9-13(19)16(15)23-4-2)18-20-17(21)12-7-5-6-8-14(12)24-18/h5-10,18H,3-4H2,1-2H3,(H,20,21). The van der Waals surface area contributed by atoms with E-state index in [0.717, 1.165) is 0 Å². The molecule has 0 fully saturated rings. The number of para-hydroxylation sites is 1. The average molecular weight is 348 g/mol. The van der Waals surface area contributed by atoms with Crippen LogP contribution in [0.3, 0.4) is 0 Å². The lowest BCUT2D eigenvalue weighted by molar-refractivity contribution is 0.0755. The topological polar surface area (TPSA) is 56.8 Å². The van der Waals surface area contributed by atoms with Crippen LogP contribution < -0.4 is 19.5 Å². The second kappa shape index (κ2) is 7.01. The first-order valence-corrected chi connectivity index (χ1v) is 8.17. The summed E-state index contributed by atoms with van der Waals surface area (Å²) >= 11 is 6.33. The Kier molecular flexibility index (Phi) is 4.81. The van der Waals surface area contributed by atoms with E-state index in [1.165, 1.54) is 0 Å². The first kappa shape index (κ1) is 16.5. The normalized spacial score (nSPS) is 16.0. The van der Waals surface area contributed by atoms with Crippen LogP contribution in [0.5, 0.6) is 17.2 Å². The lowest BCUT2D eigenvalue weighted by Gasteiger charge is -2.27. The molecule has 2 aromatic rings. The Labute approximate surface area is 145 Å². The molecule has 1 unspecified atom stereocenters. The number of halogens is 1. The van der Waals surface area contributed by atoms with E-state index in [4.69, 9.17) is 25.8 Å². The van der Waals surface area contributed by atoms with Crippen LogP contribution >= 0.6 is 11.6 Å². The Balaban J connectivity index is 1.97. The average Bonchev–Trinajstić information content (AvgIpc) is 2.58. The minimum absolute atomic E-state index is 0.190. The van der Waals surface area contributed by atoms with Crippen molar-refractivity contribution in [2.24, 2.45) is 0 Å². The highest BCUT2D eigenvalue weighted by atomic mass is 35.5. The number of hydrogen-bond acceptors (Lipinski definition) is 4. The van der Waals surface area contributed by atoms with Gasteiger partial charge in [0.15, 0.2) is 17.7 Å². The van der Waals surface area contributed by atoms with Crippen molar-refractivity contribution in [3.8, 4) is 17.2 Å². The molecule has 3 rings (SSSR count). The van der Waals surface area contributed by atoms with Gasteiger partial charge in [-0.1, -0.05) is 23.7 Å². The van der Waals surface area contributed by atoms with Gasteiger partial charge in [-0.25, -0.2) is 0 Å². The number of rotatable bonds is 5. The molecule has 1 aliphatic heterocycles. The third kappa shape index (κ3) is 3.12. The molecule has 0 spiro atoms. The number of fused-ring (bicyclic) bond motifs is 1. The number of nitrogens with one attached hydrogen (secondary N) is 1. The number of amides is 1. The smallest absolute Gasteiger partial charge is 0.258 e. The number of hydrogen-bond donors (Lipinski definition) is 1. The zero-order valence-corrected chi connectivity index (χ0v) is 14.2. The molecule has 2 aromatic carbocycles. The van der Waals surface area contributed by atoms with Gasteiger partial charge in [-0.2, -0.15) is 0 Å². The van der Waals surface area contributed by atoms with E-state index in [1.54, 1.807) is 30.3 Å². The summed E-state index contributed by atoms with van der Waals surface area (Å²) in [5.41, 5.74) is 1.20. The van der Waals surface area contributed by atoms with Gasteiger partial charge < -0.3 is 19.5 Å². The van der Waals surface area contributed by atoms with Gasteiger partial charge in [0, 0.05) is 5.56 Å². The predicted octanol–water partition coefficient (Wildman–Crippen LogP) is 3.96. The third-order valence-corrected chi connectivity index (χ3v) is 3.84. The highest BCUT2D eigenvalue weighted by molar-refractivity contribution is 6.32. The number of ether oxygens (including phenoxy) is 3. The Hall–Kier alpha value is -2.40. The molecule has 1 heterocycles. The summed E-state index contributed by atoms with van der Waals surface area (Å²) in [7, 11) is 0. The zero-order chi connectivity index (χ0) is 17.1. The van der Waals surface area contributed by atoms with Crippen LogP contribution in [0.2, 0.25) is 5.02 Å². The van der Waals surface area contributed by atoms with Gasteiger partial charge in [-0.05, 0) is 38.1 Å². The number of carbonyl (C=O) groups is 1. The van der Waals surface area contributed by atoms with Crippen molar-refractivity contribution in [3.05, 3.63) is 52.5 Å². The van der Waals surface area contributed by atoms with Gasteiger partial charge >= 0.3 is 0 Å². The fourth-order valence-electron chi connectivity index (χ4n) is 2.55. The van der Waals surface area contributed by atoms with Crippen LogP contribution in [0, 0.1) is 0 Å². The van der Waals surface area contributed by atoms with Crippen LogP contribution in [-0.2, 0) is 0 Å². The summed E-state index contributed by atoms with van der Waals surface area (Å²) in [4.78, 5) is 12.3. The lowest BCUT2D eigenvalue weighted by Crippen LogP contribution is -2.36. The van der Waals surface area contributed by atoms with Crippen LogP contribution in [0.4, 0.5) is 0 Å². The second-order valence-electron chi connectivity index (χ2n) is 5.16.